The fourth-order valence-electron chi connectivity index (χ4n) is 1.17. The molecule has 0 bridgehead atoms. The summed E-state index contributed by atoms with van der Waals surface area (Å²) in [7, 11) is 0. The molecule has 0 unspecified atom stereocenters. The molecule has 1 nitrogen and oxygen atoms in total. The zero-order chi connectivity index (χ0) is 15.3. The van der Waals surface area contributed by atoms with Gasteiger partial charge in [-0.3, -0.25) is 0 Å². The van der Waals surface area contributed by atoms with Crippen molar-refractivity contribution in [3.8, 4) is 5.75 Å². The lowest BCUT2D eigenvalue weighted by Gasteiger charge is -2.10. The molecule has 0 radical (unpaired) electrons. The highest BCUT2D eigenvalue weighted by Gasteiger charge is 2.01. The molecule has 0 spiro atoms. The van der Waals surface area contributed by atoms with Gasteiger partial charge in [0.1, 0.15) is 11.5 Å². The van der Waals surface area contributed by atoms with Crippen LogP contribution < -0.4 is 4.74 Å². The second-order valence-electron chi connectivity index (χ2n) is 3.32. The smallest absolute Gasteiger partial charge is 0.130 e. The van der Waals surface area contributed by atoms with Crippen molar-refractivity contribution >= 4 is 0 Å². The van der Waals surface area contributed by atoms with Crippen molar-refractivity contribution in [1.82, 2.24) is 0 Å². The van der Waals surface area contributed by atoms with Crippen molar-refractivity contribution in [1.29, 1.82) is 0 Å². The number of benzene rings is 1. The first-order chi connectivity index (χ1) is 9.19. The van der Waals surface area contributed by atoms with Gasteiger partial charge in [-0.15, -0.1) is 0 Å². The number of hydrogen-bond acceptors (Lipinski definition) is 1. The molecule has 106 valence electrons. The lowest BCUT2D eigenvalue weighted by atomic mass is 10.2. The Hall–Kier alpha value is -1.76. The van der Waals surface area contributed by atoms with Crippen LogP contribution in [0.3, 0.4) is 0 Å². The zero-order valence-electron chi connectivity index (χ0n) is 13.3. The van der Waals surface area contributed by atoms with Crippen molar-refractivity contribution in [2.75, 3.05) is 0 Å². The number of rotatable bonds is 4. The molecular weight excluding hydrogens is 232 g/mol. The van der Waals surface area contributed by atoms with Gasteiger partial charge in [-0.2, -0.15) is 0 Å². The zero-order valence-corrected chi connectivity index (χ0v) is 13.3. The highest BCUT2D eigenvalue weighted by atomic mass is 16.5. The van der Waals surface area contributed by atoms with Gasteiger partial charge in [-0.05, 0) is 37.1 Å². The summed E-state index contributed by atoms with van der Waals surface area (Å²) in [4.78, 5) is 0. The topological polar surface area (TPSA) is 9.23 Å². The lowest BCUT2D eigenvalue weighted by molar-refractivity contribution is 0.437. The molecule has 1 aromatic rings. The van der Waals surface area contributed by atoms with Gasteiger partial charge in [0.05, 0.1) is 0 Å². The van der Waals surface area contributed by atoms with E-state index in [1.165, 1.54) is 0 Å². The predicted octanol–water partition coefficient (Wildman–Crippen LogP) is 6.07. The molecule has 1 rings (SSSR count). The molecule has 0 amide bonds. The number of hydrogen-bond donors (Lipinski definition) is 0. The molecule has 0 aliphatic heterocycles. The van der Waals surface area contributed by atoms with Gasteiger partial charge >= 0.3 is 0 Å². The number of para-hydroxylation sites is 1. The minimum absolute atomic E-state index is 0.749. The van der Waals surface area contributed by atoms with E-state index in [0.29, 0.717) is 0 Å². The maximum Gasteiger partial charge on any atom is 0.130 e. The Bertz CT molecular complexity index is 400. The number of ether oxygens (including phenoxy) is 1. The molecule has 0 heterocycles. The van der Waals surface area contributed by atoms with Gasteiger partial charge in [0, 0.05) is 0 Å². The first-order valence-electron chi connectivity index (χ1n) is 6.88. The van der Waals surface area contributed by atoms with Gasteiger partial charge in [0.15, 0.2) is 0 Å². The fraction of sp³-hybridized carbons (Fsp3) is 0.333. The second kappa shape index (κ2) is 12.7. The van der Waals surface area contributed by atoms with Crippen molar-refractivity contribution in [2.45, 2.75) is 41.5 Å². The van der Waals surface area contributed by atoms with Crippen LogP contribution in [0.15, 0.2) is 60.9 Å². The maximum atomic E-state index is 5.74. The van der Waals surface area contributed by atoms with Crippen LogP contribution in [-0.2, 0) is 0 Å². The van der Waals surface area contributed by atoms with Crippen LogP contribution >= 0.6 is 0 Å². The standard InChI is InChI=1S/C14H16O.2C2H6/c1-5-11(3)13(6-2)15-14-10-8-7-9-12(14)4;2*1-2/h5-10H,1-2H2,3-4H3;2*1-2H3/b13-11+;;. The molecule has 19 heavy (non-hydrogen) atoms. The van der Waals surface area contributed by atoms with Crippen molar-refractivity contribution < 1.29 is 4.74 Å². The molecule has 0 N–H and O–H groups in total. The first-order valence-corrected chi connectivity index (χ1v) is 6.88. The largest absolute Gasteiger partial charge is 0.457 e. The molecule has 1 heteroatoms. The second-order valence-corrected chi connectivity index (χ2v) is 3.32. The normalized spacial score (nSPS) is 9.79. The molecule has 0 fully saturated rings. The van der Waals surface area contributed by atoms with Crippen LogP contribution in [0.1, 0.15) is 40.2 Å². The molecule has 1 aromatic carbocycles. The third kappa shape index (κ3) is 7.30. The van der Waals surface area contributed by atoms with Gasteiger partial charge in [-0.1, -0.05) is 65.1 Å². The van der Waals surface area contributed by atoms with Gasteiger partial charge in [0.25, 0.3) is 0 Å². The molecule has 0 aromatic heterocycles. The van der Waals surface area contributed by atoms with Gasteiger partial charge < -0.3 is 4.74 Å². The van der Waals surface area contributed by atoms with Crippen LogP contribution in [0.2, 0.25) is 0 Å². The third-order valence-electron chi connectivity index (χ3n) is 2.19. The van der Waals surface area contributed by atoms with Crippen LogP contribution in [0.25, 0.3) is 0 Å². The summed E-state index contributed by atoms with van der Waals surface area (Å²) in [5.41, 5.74) is 2.09. The van der Waals surface area contributed by atoms with E-state index in [2.05, 4.69) is 13.2 Å². The summed E-state index contributed by atoms with van der Waals surface area (Å²) < 4.78 is 5.74. The Morgan fingerprint density at radius 3 is 1.95 bits per heavy atom. The van der Waals surface area contributed by atoms with Crippen molar-refractivity contribution in [3.05, 3.63) is 66.5 Å². The summed E-state index contributed by atoms with van der Waals surface area (Å²) in [6.45, 7) is 19.4. The van der Waals surface area contributed by atoms with E-state index < -0.39 is 0 Å². The van der Waals surface area contributed by atoms with E-state index in [1.54, 1.807) is 12.2 Å². The van der Waals surface area contributed by atoms with Crippen molar-refractivity contribution in [2.24, 2.45) is 0 Å². The van der Waals surface area contributed by atoms with Crippen molar-refractivity contribution in [3.63, 3.8) is 0 Å². The number of aryl methyl sites for hydroxylation is 1. The Labute approximate surface area is 119 Å². The summed E-state index contributed by atoms with van der Waals surface area (Å²) >= 11 is 0. The maximum absolute atomic E-state index is 5.74. The van der Waals surface area contributed by atoms with Gasteiger partial charge in [-0.25, -0.2) is 0 Å². The molecule has 0 aliphatic carbocycles. The van der Waals surface area contributed by atoms with E-state index in [0.717, 1.165) is 22.6 Å². The third-order valence-corrected chi connectivity index (χ3v) is 2.19. The first kappa shape index (κ1) is 19.6. The molecule has 0 saturated heterocycles. The van der Waals surface area contributed by atoms with Gasteiger partial charge in [0.2, 0.25) is 0 Å². The summed E-state index contributed by atoms with van der Waals surface area (Å²) in [5.74, 6) is 1.60. The predicted molar refractivity (Wildman–Crippen MR) is 87.6 cm³/mol. The van der Waals surface area contributed by atoms with Crippen LogP contribution in [0.4, 0.5) is 0 Å². The Morgan fingerprint density at radius 2 is 1.53 bits per heavy atom. The molecule has 0 saturated carbocycles. The summed E-state index contributed by atoms with van der Waals surface area (Å²) in [5, 5.41) is 0. The van der Waals surface area contributed by atoms with E-state index in [1.807, 2.05) is 65.8 Å². The van der Waals surface area contributed by atoms with Crippen LogP contribution in [0, 0.1) is 6.92 Å². The highest BCUT2D eigenvalue weighted by Crippen LogP contribution is 2.20. The monoisotopic (exact) mass is 260 g/mol. The average Bonchev–Trinajstić information content (AvgIpc) is 2.49. The fourth-order valence-corrected chi connectivity index (χ4v) is 1.17. The average molecular weight is 260 g/mol. The molecule has 0 aliphatic rings. The SMILES string of the molecule is C=C/C(C)=C(\C=C)Oc1ccccc1C.CC.CC. The molecule has 0 atom stereocenters. The minimum Gasteiger partial charge on any atom is -0.457 e. The minimum atomic E-state index is 0.749. The quantitative estimate of drug-likeness (QED) is 0.471. The number of allylic oxidation sites excluding steroid dienone is 3. The van der Waals surface area contributed by atoms with E-state index >= 15 is 0 Å². The Balaban J connectivity index is 0. The Morgan fingerprint density at radius 1 is 1.00 bits per heavy atom. The molecular formula is C18H28O. The van der Waals surface area contributed by atoms with Crippen LogP contribution in [-0.4, -0.2) is 0 Å². The van der Waals surface area contributed by atoms with E-state index in [4.69, 9.17) is 4.74 Å². The summed E-state index contributed by atoms with van der Waals surface area (Å²) in [6.07, 6.45) is 3.46. The summed E-state index contributed by atoms with van der Waals surface area (Å²) in [6, 6.07) is 7.89. The van der Waals surface area contributed by atoms with Crippen LogP contribution in [0.5, 0.6) is 5.75 Å². The highest BCUT2D eigenvalue weighted by molar-refractivity contribution is 5.36. The van der Waals surface area contributed by atoms with E-state index in [9.17, 15) is 0 Å². The van der Waals surface area contributed by atoms with E-state index in [-0.39, 0.29) is 0 Å². The Kier molecular flexibility index (Phi) is 13.1. The lowest BCUT2D eigenvalue weighted by Crippen LogP contribution is -1.96.